The van der Waals surface area contributed by atoms with E-state index in [4.69, 9.17) is 9.47 Å². The predicted molar refractivity (Wildman–Crippen MR) is 93.9 cm³/mol. The van der Waals surface area contributed by atoms with Gasteiger partial charge in [0, 0.05) is 36.8 Å². The summed E-state index contributed by atoms with van der Waals surface area (Å²) in [5.41, 5.74) is 2.78. The van der Waals surface area contributed by atoms with Crippen LogP contribution < -0.4 is 10.1 Å². The van der Waals surface area contributed by atoms with Crippen LogP contribution in [0.15, 0.2) is 42.6 Å². The number of ketones is 1. The first kappa shape index (κ1) is 16.2. The van der Waals surface area contributed by atoms with Crippen LogP contribution in [-0.2, 0) is 11.2 Å². The van der Waals surface area contributed by atoms with Gasteiger partial charge >= 0.3 is 0 Å². The second kappa shape index (κ2) is 6.94. The summed E-state index contributed by atoms with van der Waals surface area (Å²) >= 11 is 0. The molecule has 0 radical (unpaired) electrons. The van der Waals surface area contributed by atoms with Crippen molar-refractivity contribution in [1.82, 2.24) is 10.3 Å². The third kappa shape index (κ3) is 3.43. The Morgan fingerprint density at radius 2 is 2.12 bits per heavy atom. The zero-order chi connectivity index (χ0) is 17.2. The van der Waals surface area contributed by atoms with Gasteiger partial charge in [-0.25, -0.2) is 4.98 Å². The number of nitrogens with one attached hydrogen (secondary N) is 1. The van der Waals surface area contributed by atoms with Crippen molar-refractivity contribution < 1.29 is 14.3 Å². The van der Waals surface area contributed by atoms with Crippen LogP contribution in [0, 0.1) is 0 Å². The summed E-state index contributed by atoms with van der Waals surface area (Å²) in [6, 6.07) is 12.1. The molecule has 0 amide bonds. The first-order valence-corrected chi connectivity index (χ1v) is 8.82. The Labute approximate surface area is 147 Å². The highest BCUT2D eigenvalue weighted by Gasteiger charge is 2.41. The van der Waals surface area contributed by atoms with Gasteiger partial charge in [-0.05, 0) is 30.5 Å². The van der Waals surface area contributed by atoms with Gasteiger partial charge in [0.25, 0.3) is 0 Å². The van der Waals surface area contributed by atoms with Crippen LogP contribution in [0.4, 0.5) is 0 Å². The number of hydrogen-bond donors (Lipinski definition) is 1. The molecule has 2 aliphatic heterocycles. The molecule has 5 nitrogen and oxygen atoms in total. The summed E-state index contributed by atoms with van der Waals surface area (Å²) in [6.45, 7) is 3.43. The van der Waals surface area contributed by atoms with Gasteiger partial charge in [-0.2, -0.15) is 0 Å². The Morgan fingerprint density at radius 1 is 1.28 bits per heavy atom. The largest absolute Gasteiger partial charge is 0.478 e. The molecule has 130 valence electrons. The van der Waals surface area contributed by atoms with Gasteiger partial charge in [0.05, 0.1) is 18.8 Å². The lowest BCUT2D eigenvalue weighted by Crippen LogP contribution is -2.33. The molecule has 2 bridgehead atoms. The lowest BCUT2D eigenvalue weighted by Gasteiger charge is -2.23. The van der Waals surface area contributed by atoms with E-state index in [0.29, 0.717) is 36.6 Å². The summed E-state index contributed by atoms with van der Waals surface area (Å²) in [5.74, 6) is 0.601. The molecule has 1 aromatic heterocycles. The normalized spacial score (nSPS) is 24.4. The number of ether oxygens (including phenoxy) is 2. The number of pyridine rings is 1. The van der Waals surface area contributed by atoms with Crippen molar-refractivity contribution >= 4 is 5.78 Å². The van der Waals surface area contributed by atoms with E-state index in [0.717, 1.165) is 18.5 Å². The van der Waals surface area contributed by atoms with Crippen LogP contribution >= 0.6 is 0 Å². The number of hydrogen-bond acceptors (Lipinski definition) is 5. The molecule has 3 heterocycles. The predicted octanol–water partition coefficient (Wildman–Crippen LogP) is 2.71. The minimum atomic E-state index is 0.0566. The van der Waals surface area contributed by atoms with Crippen LogP contribution in [0.25, 0.3) is 0 Å². The highest BCUT2D eigenvalue weighted by molar-refractivity contribution is 5.97. The Morgan fingerprint density at radius 3 is 2.72 bits per heavy atom. The van der Waals surface area contributed by atoms with Gasteiger partial charge in [-0.1, -0.05) is 24.3 Å². The molecule has 2 aromatic rings. The molecule has 2 saturated heterocycles. The highest BCUT2D eigenvalue weighted by Crippen LogP contribution is 2.36. The van der Waals surface area contributed by atoms with Crippen molar-refractivity contribution in [1.29, 1.82) is 0 Å². The Balaban J connectivity index is 1.39. The molecular formula is C20H22N2O3. The van der Waals surface area contributed by atoms with E-state index in [1.807, 2.05) is 19.1 Å². The zero-order valence-electron chi connectivity index (χ0n) is 14.3. The van der Waals surface area contributed by atoms with E-state index in [2.05, 4.69) is 22.4 Å². The molecule has 4 rings (SSSR count). The zero-order valence-corrected chi connectivity index (χ0v) is 14.3. The molecule has 0 aliphatic carbocycles. The molecule has 1 N–H and O–H groups in total. The second-order valence-corrected chi connectivity index (χ2v) is 6.59. The third-order valence-electron chi connectivity index (χ3n) is 4.85. The van der Waals surface area contributed by atoms with E-state index >= 15 is 0 Å². The molecule has 0 saturated carbocycles. The lowest BCUT2D eigenvalue weighted by molar-refractivity contribution is 0.0160. The van der Waals surface area contributed by atoms with E-state index in [1.54, 1.807) is 18.3 Å². The Hall–Kier alpha value is -2.24. The molecule has 3 atom stereocenters. The topological polar surface area (TPSA) is 60.5 Å². The second-order valence-electron chi connectivity index (χ2n) is 6.59. The van der Waals surface area contributed by atoms with Gasteiger partial charge in [0.2, 0.25) is 5.88 Å². The number of rotatable bonds is 6. The minimum absolute atomic E-state index is 0.0566. The number of fused-ring (bicyclic) bond motifs is 2. The fourth-order valence-corrected chi connectivity index (χ4v) is 3.57. The standard InChI is InChI=1S/C20H22N2O3/c1-2-24-19-8-7-15(11-22-19)18(23)9-13-3-5-14(6-4-13)20-17-10-16(25-20)12-21-17/h3-8,11,16-17,20-21H,2,9-10,12H2,1H3/t16-,17-,20+/m0/s1. The van der Waals surface area contributed by atoms with Crippen LogP contribution in [-0.4, -0.2) is 36.1 Å². The first-order chi connectivity index (χ1) is 12.2. The first-order valence-electron chi connectivity index (χ1n) is 8.82. The summed E-state index contributed by atoms with van der Waals surface area (Å²) in [4.78, 5) is 16.6. The molecule has 25 heavy (non-hydrogen) atoms. The lowest BCUT2D eigenvalue weighted by atomic mass is 9.99. The molecule has 1 aromatic carbocycles. The van der Waals surface area contributed by atoms with Crippen molar-refractivity contribution in [2.24, 2.45) is 0 Å². The molecule has 2 aliphatic rings. The van der Waals surface area contributed by atoms with Crippen molar-refractivity contribution in [3.8, 4) is 5.88 Å². The highest BCUT2D eigenvalue weighted by atomic mass is 16.5. The molecule has 2 fully saturated rings. The average Bonchev–Trinajstić information content (AvgIpc) is 3.27. The van der Waals surface area contributed by atoms with Crippen LogP contribution in [0.3, 0.4) is 0 Å². The number of Topliss-reactive ketones (excluding diaryl/α,β-unsaturated/α-hetero) is 1. The van der Waals surface area contributed by atoms with Crippen molar-refractivity contribution in [3.63, 3.8) is 0 Å². The molecule has 5 heteroatoms. The minimum Gasteiger partial charge on any atom is -0.478 e. The van der Waals surface area contributed by atoms with Crippen LogP contribution in [0.1, 0.15) is 40.9 Å². The van der Waals surface area contributed by atoms with Gasteiger partial charge < -0.3 is 14.8 Å². The van der Waals surface area contributed by atoms with E-state index in [1.165, 1.54) is 5.56 Å². The Bertz CT molecular complexity index is 743. The summed E-state index contributed by atoms with van der Waals surface area (Å²) in [6.07, 6.45) is 3.53. The van der Waals surface area contributed by atoms with Crippen LogP contribution in [0.5, 0.6) is 5.88 Å². The fraction of sp³-hybridized carbons (Fsp3) is 0.400. The van der Waals surface area contributed by atoms with Crippen LogP contribution in [0.2, 0.25) is 0 Å². The summed E-state index contributed by atoms with van der Waals surface area (Å²) in [5, 5.41) is 3.49. The van der Waals surface area contributed by atoms with Gasteiger partial charge in [0.15, 0.2) is 5.78 Å². The smallest absolute Gasteiger partial charge is 0.213 e. The molecular weight excluding hydrogens is 316 g/mol. The van der Waals surface area contributed by atoms with Gasteiger partial charge in [-0.15, -0.1) is 0 Å². The average molecular weight is 338 g/mol. The number of carbonyl (C=O) groups excluding carboxylic acids is 1. The number of nitrogens with zero attached hydrogens (tertiary/aromatic N) is 1. The van der Waals surface area contributed by atoms with Gasteiger partial charge in [-0.3, -0.25) is 4.79 Å². The summed E-state index contributed by atoms with van der Waals surface area (Å²) < 4.78 is 11.3. The van der Waals surface area contributed by atoms with E-state index in [-0.39, 0.29) is 11.9 Å². The maximum atomic E-state index is 12.4. The van der Waals surface area contributed by atoms with E-state index < -0.39 is 0 Å². The number of morpholine rings is 1. The summed E-state index contributed by atoms with van der Waals surface area (Å²) in [7, 11) is 0. The molecule has 0 unspecified atom stereocenters. The monoisotopic (exact) mass is 338 g/mol. The fourth-order valence-electron chi connectivity index (χ4n) is 3.57. The third-order valence-corrected chi connectivity index (χ3v) is 4.85. The number of carbonyl (C=O) groups is 1. The maximum Gasteiger partial charge on any atom is 0.213 e. The van der Waals surface area contributed by atoms with Crippen molar-refractivity contribution in [2.75, 3.05) is 13.2 Å². The van der Waals surface area contributed by atoms with Gasteiger partial charge in [0.1, 0.15) is 0 Å². The quantitative estimate of drug-likeness (QED) is 0.821. The van der Waals surface area contributed by atoms with E-state index in [9.17, 15) is 4.79 Å². The SMILES string of the molecule is CCOc1ccc(C(=O)Cc2ccc([C@H]3O[C@@H]4CN[C@H]3C4)cc2)cn1. The Kier molecular flexibility index (Phi) is 4.51. The molecule has 0 spiro atoms. The number of benzene rings is 1. The van der Waals surface area contributed by atoms with Crippen molar-refractivity contribution in [3.05, 3.63) is 59.3 Å². The maximum absolute atomic E-state index is 12.4. The van der Waals surface area contributed by atoms with Crippen molar-refractivity contribution in [2.45, 2.75) is 38.0 Å². The number of aromatic nitrogens is 1.